The third-order valence-corrected chi connectivity index (χ3v) is 7.19. The van der Waals surface area contributed by atoms with Crippen LogP contribution in [0.4, 0.5) is 0 Å². The van der Waals surface area contributed by atoms with Gasteiger partial charge in [0.2, 0.25) is 5.91 Å². The molecule has 0 saturated carbocycles. The zero-order valence-electron chi connectivity index (χ0n) is 22.2. The number of benzene rings is 1. The molecule has 0 bridgehead atoms. The topological polar surface area (TPSA) is 93.7 Å². The molecule has 1 unspecified atom stereocenters. The van der Waals surface area contributed by atoms with E-state index in [0.29, 0.717) is 54.8 Å². The van der Waals surface area contributed by atoms with E-state index in [1.165, 1.54) is 6.08 Å². The van der Waals surface area contributed by atoms with Crippen molar-refractivity contribution in [2.45, 2.75) is 45.4 Å². The molecule has 2 aromatic heterocycles. The Bertz CT molecular complexity index is 1400. The number of rotatable bonds is 6. The number of hydrogen-bond donors (Lipinski definition) is 1. The fourth-order valence-corrected chi connectivity index (χ4v) is 5.01. The van der Waals surface area contributed by atoms with Gasteiger partial charge in [0.15, 0.2) is 0 Å². The van der Waals surface area contributed by atoms with Gasteiger partial charge in [-0.3, -0.25) is 19.6 Å². The van der Waals surface area contributed by atoms with Crippen LogP contribution in [0.25, 0.3) is 11.3 Å². The Balaban J connectivity index is 1.22. The molecule has 4 heterocycles. The zero-order chi connectivity index (χ0) is 27.6. The lowest BCUT2D eigenvalue weighted by Gasteiger charge is -2.42. The van der Waals surface area contributed by atoms with Crippen molar-refractivity contribution in [2.75, 3.05) is 19.8 Å². The SMILES string of the molecule is Cc1ccc(CNC(=O)/C=C/C2Cc3cc(-c4ccc(C(=O)N5CCOCC5(C)C)cn4)cc(Cl)c3O2)cn1. The van der Waals surface area contributed by atoms with Crippen LogP contribution in [0.15, 0.2) is 60.9 Å². The first-order chi connectivity index (χ1) is 18.7. The van der Waals surface area contributed by atoms with Crippen molar-refractivity contribution in [2.24, 2.45) is 0 Å². The number of nitrogens with one attached hydrogen (secondary N) is 1. The van der Waals surface area contributed by atoms with Gasteiger partial charge < -0.3 is 19.7 Å². The van der Waals surface area contributed by atoms with Crippen LogP contribution < -0.4 is 10.1 Å². The lowest BCUT2D eigenvalue weighted by Crippen LogP contribution is -2.55. The van der Waals surface area contributed by atoms with Crippen molar-refractivity contribution in [1.29, 1.82) is 0 Å². The molecule has 1 aromatic carbocycles. The summed E-state index contributed by atoms with van der Waals surface area (Å²) in [5, 5.41) is 3.33. The number of nitrogens with zero attached hydrogens (tertiary/aromatic N) is 3. The smallest absolute Gasteiger partial charge is 0.256 e. The van der Waals surface area contributed by atoms with Gasteiger partial charge in [-0.1, -0.05) is 17.7 Å². The Morgan fingerprint density at radius 2 is 2.03 bits per heavy atom. The molecule has 1 fully saturated rings. The maximum atomic E-state index is 13.1. The van der Waals surface area contributed by atoms with E-state index >= 15 is 0 Å². The number of amides is 2. The van der Waals surface area contributed by atoms with Crippen LogP contribution >= 0.6 is 11.6 Å². The first-order valence-corrected chi connectivity index (χ1v) is 13.3. The maximum Gasteiger partial charge on any atom is 0.256 e. The van der Waals surface area contributed by atoms with E-state index in [-0.39, 0.29) is 23.5 Å². The molecule has 1 saturated heterocycles. The molecule has 9 heteroatoms. The predicted octanol–water partition coefficient (Wildman–Crippen LogP) is 4.53. The quantitative estimate of drug-likeness (QED) is 0.457. The average Bonchev–Trinajstić information content (AvgIpc) is 3.35. The minimum Gasteiger partial charge on any atom is -0.484 e. The van der Waals surface area contributed by atoms with Crippen LogP contribution in [0.1, 0.15) is 41.0 Å². The van der Waals surface area contributed by atoms with E-state index in [2.05, 4.69) is 15.3 Å². The summed E-state index contributed by atoms with van der Waals surface area (Å²) in [4.78, 5) is 36.0. The minimum absolute atomic E-state index is 0.0584. The summed E-state index contributed by atoms with van der Waals surface area (Å²) < 4.78 is 11.5. The zero-order valence-corrected chi connectivity index (χ0v) is 23.0. The number of ether oxygens (including phenoxy) is 2. The van der Waals surface area contributed by atoms with E-state index < -0.39 is 0 Å². The first-order valence-electron chi connectivity index (χ1n) is 12.9. The Kier molecular flexibility index (Phi) is 7.68. The van der Waals surface area contributed by atoms with Crippen molar-refractivity contribution in [3.05, 3.63) is 88.4 Å². The van der Waals surface area contributed by atoms with Crippen LogP contribution in [0.2, 0.25) is 5.02 Å². The standard InChI is InChI=1S/C30H31ClN4O4/c1-19-4-5-20(15-32-19)16-34-27(36)9-7-24-13-23-12-22(14-25(31)28(23)39-24)26-8-6-21(17-33-26)29(37)35-10-11-38-18-30(35,2)3/h4-9,12,14-15,17,24H,10-11,13,16,18H2,1-3H3,(H,34,36)/b9-7+. The molecule has 3 aromatic rings. The third-order valence-electron chi connectivity index (χ3n) is 6.91. The highest BCUT2D eigenvalue weighted by molar-refractivity contribution is 6.32. The summed E-state index contributed by atoms with van der Waals surface area (Å²) in [6.45, 7) is 7.91. The van der Waals surface area contributed by atoms with Gasteiger partial charge in [0.05, 0.1) is 35.0 Å². The highest BCUT2D eigenvalue weighted by atomic mass is 35.5. The molecular weight excluding hydrogens is 516 g/mol. The van der Waals surface area contributed by atoms with Crippen molar-refractivity contribution in [1.82, 2.24) is 20.2 Å². The molecule has 2 amide bonds. The summed E-state index contributed by atoms with van der Waals surface area (Å²) in [7, 11) is 0. The molecule has 8 nitrogen and oxygen atoms in total. The molecule has 202 valence electrons. The van der Waals surface area contributed by atoms with Gasteiger partial charge in [-0.15, -0.1) is 0 Å². The average molecular weight is 547 g/mol. The Morgan fingerprint density at radius 1 is 1.18 bits per heavy atom. The maximum absolute atomic E-state index is 13.1. The molecule has 39 heavy (non-hydrogen) atoms. The van der Waals surface area contributed by atoms with Crippen LogP contribution in [0, 0.1) is 6.92 Å². The van der Waals surface area contributed by atoms with E-state index in [1.807, 2.05) is 56.0 Å². The summed E-state index contributed by atoms with van der Waals surface area (Å²) in [6.07, 6.45) is 6.87. The van der Waals surface area contributed by atoms with Gasteiger partial charge in [0.25, 0.3) is 5.91 Å². The second-order valence-corrected chi connectivity index (χ2v) is 10.9. The van der Waals surface area contributed by atoms with Gasteiger partial charge >= 0.3 is 0 Å². The number of aromatic nitrogens is 2. The normalized spacial score (nSPS) is 18.1. The summed E-state index contributed by atoms with van der Waals surface area (Å²) >= 11 is 6.56. The van der Waals surface area contributed by atoms with Gasteiger partial charge in [-0.25, -0.2) is 0 Å². The second kappa shape index (κ2) is 11.2. The molecule has 2 aliphatic heterocycles. The lowest BCUT2D eigenvalue weighted by molar-refractivity contribution is -0.116. The van der Waals surface area contributed by atoms with Crippen LogP contribution in [-0.4, -0.2) is 58.1 Å². The van der Waals surface area contributed by atoms with Crippen LogP contribution in [0.3, 0.4) is 0 Å². The Morgan fingerprint density at radius 3 is 2.74 bits per heavy atom. The number of aryl methyl sites for hydroxylation is 1. The molecular formula is C30H31ClN4O4. The number of hydrogen-bond acceptors (Lipinski definition) is 6. The molecule has 0 spiro atoms. The summed E-state index contributed by atoms with van der Waals surface area (Å²) in [5.41, 5.74) is 4.51. The largest absolute Gasteiger partial charge is 0.484 e. The van der Waals surface area contributed by atoms with Gasteiger partial charge in [0, 0.05) is 54.8 Å². The number of pyridine rings is 2. The fraction of sp³-hybridized carbons (Fsp3) is 0.333. The number of fused-ring (bicyclic) bond motifs is 1. The van der Waals surface area contributed by atoms with Crippen LogP contribution in [0.5, 0.6) is 5.75 Å². The van der Waals surface area contributed by atoms with Crippen LogP contribution in [-0.2, 0) is 22.5 Å². The van der Waals surface area contributed by atoms with E-state index in [9.17, 15) is 9.59 Å². The second-order valence-electron chi connectivity index (χ2n) is 10.4. The minimum atomic E-state index is -0.369. The number of halogens is 1. The van der Waals surface area contributed by atoms with Gasteiger partial charge in [0.1, 0.15) is 11.9 Å². The Hall–Kier alpha value is -3.75. The van der Waals surface area contributed by atoms with Crippen molar-refractivity contribution < 1.29 is 19.1 Å². The highest BCUT2D eigenvalue weighted by Crippen LogP contribution is 2.39. The number of carbonyl (C=O) groups is 2. The fourth-order valence-electron chi connectivity index (χ4n) is 4.73. The van der Waals surface area contributed by atoms with Crippen molar-refractivity contribution in [3.63, 3.8) is 0 Å². The monoisotopic (exact) mass is 546 g/mol. The number of morpholine rings is 1. The number of carbonyl (C=O) groups excluding carboxylic acids is 2. The molecule has 2 aliphatic rings. The summed E-state index contributed by atoms with van der Waals surface area (Å²) in [5.74, 6) is 0.348. The van der Waals surface area contributed by atoms with E-state index in [0.717, 1.165) is 22.4 Å². The van der Waals surface area contributed by atoms with Crippen molar-refractivity contribution in [3.8, 4) is 17.0 Å². The first kappa shape index (κ1) is 26.8. The molecule has 5 rings (SSSR count). The molecule has 1 atom stereocenters. The highest BCUT2D eigenvalue weighted by Gasteiger charge is 2.34. The van der Waals surface area contributed by atoms with Crippen molar-refractivity contribution >= 4 is 23.4 Å². The molecule has 1 N–H and O–H groups in total. The lowest BCUT2D eigenvalue weighted by atomic mass is 10.0. The third kappa shape index (κ3) is 6.13. The molecule has 0 radical (unpaired) electrons. The summed E-state index contributed by atoms with van der Waals surface area (Å²) in [6, 6.07) is 11.3. The van der Waals surface area contributed by atoms with Gasteiger partial charge in [-0.2, -0.15) is 0 Å². The van der Waals surface area contributed by atoms with Gasteiger partial charge in [-0.05, 0) is 62.7 Å². The molecule has 0 aliphatic carbocycles. The Labute approximate surface area is 233 Å². The van der Waals surface area contributed by atoms with E-state index in [1.54, 1.807) is 24.5 Å². The predicted molar refractivity (Wildman–Crippen MR) is 149 cm³/mol. The van der Waals surface area contributed by atoms with E-state index in [4.69, 9.17) is 21.1 Å².